The molecule has 6 nitrogen and oxygen atoms in total. The van der Waals surface area contributed by atoms with Crippen LogP contribution in [0.1, 0.15) is 51.2 Å². The average Bonchev–Trinajstić information content (AvgIpc) is 3.34. The Morgan fingerprint density at radius 2 is 1.88 bits per heavy atom. The van der Waals surface area contributed by atoms with Gasteiger partial charge in [0.25, 0.3) is 0 Å². The van der Waals surface area contributed by atoms with Crippen LogP contribution in [-0.4, -0.2) is 54.7 Å². The van der Waals surface area contributed by atoms with Crippen molar-refractivity contribution in [2.24, 2.45) is 0 Å². The van der Waals surface area contributed by atoms with Crippen molar-refractivity contribution >= 4 is 5.78 Å². The lowest BCUT2D eigenvalue weighted by Gasteiger charge is -2.30. The molecule has 6 heteroatoms. The molecule has 2 atom stereocenters. The Bertz CT molecular complexity index is 944. The molecule has 2 aliphatic rings. The molecular weight excluding hydrogens is 428 g/mol. The Kier molecular flexibility index (Phi) is 9.54. The van der Waals surface area contributed by atoms with Crippen molar-refractivity contribution in [1.29, 1.82) is 0 Å². The van der Waals surface area contributed by atoms with Gasteiger partial charge in [0.2, 0.25) is 0 Å². The highest BCUT2D eigenvalue weighted by Crippen LogP contribution is 2.33. The third kappa shape index (κ3) is 7.34. The van der Waals surface area contributed by atoms with E-state index in [4.69, 9.17) is 9.47 Å². The van der Waals surface area contributed by atoms with Crippen molar-refractivity contribution in [2.45, 2.75) is 51.7 Å². The molecule has 3 rings (SSSR count). The van der Waals surface area contributed by atoms with Crippen molar-refractivity contribution in [1.82, 2.24) is 10.2 Å². The zero-order valence-corrected chi connectivity index (χ0v) is 20.5. The van der Waals surface area contributed by atoms with E-state index in [0.29, 0.717) is 49.8 Å². The van der Waals surface area contributed by atoms with E-state index in [9.17, 15) is 9.90 Å². The minimum Gasteiger partial charge on any atom is -0.486 e. The van der Waals surface area contributed by atoms with Crippen molar-refractivity contribution in [2.75, 3.05) is 32.8 Å². The van der Waals surface area contributed by atoms with Crippen LogP contribution < -0.4 is 14.8 Å². The first-order valence-electron chi connectivity index (χ1n) is 12.1. The van der Waals surface area contributed by atoms with Crippen LogP contribution in [0.15, 0.2) is 66.4 Å². The normalized spacial score (nSPS) is 18.0. The van der Waals surface area contributed by atoms with Crippen LogP contribution in [0.3, 0.4) is 0 Å². The third-order valence-corrected chi connectivity index (χ3v) is 6.20. The number of allylic oxidation sites excluding steroid dienone is 6. The monoisotopic (exact) mass is 466 g/mol. The molecule has 184 valence electrons. The Morgan fingerprint density at radius 3 is 2.59 bits per heavy atom. The van der Waals surface area contributed by atoms with Gasteiger partial charge in [-0.1, -0.05) is 43.0 Å². The van der Waals surface area contributed by atoms with Crippen LogP contribution in [-0.2, 0) is 4.79 Å². The van der Waals surface area contributed by atoms with E-state index in [1.54, 1.807) is 0 Å². The van der Waals surface area contributed by atoms with Crippen LogP contribution in [0.5, 0.6) is 11.5 Å². The van der Waals surface area contributed by atoms with E-state index >= 15 is 0 Å². The van der Waals surface area contributed by atoms with Gasteiger partial charge in [-0.05, 0) is 69.5 Å². The Labute approximate surface area is 203 Å². The lowest BCUT2D eigenvalue weighted by Crippen LogP contribution is -2.44. The lowest BCUT2D eigenvalue weighted by atomic mass is 9.99. The number of ether oxygens (including phenoxy) is 2. The molecule has 0 radical (unpaired) electrons. The number of rotatable bonds is 12. The molecule has 0 amide bonds. The number of carbonyl (C=O) groups excluding carboxylic acids is 1. The molecule has 2 aliphatic heterocycles. The maximum absolute atomic E-state index is 12.8. The second-order valence-corrected chi connectivity index (χ2v) is 9.07. The summed E-state index contributed by atoms with van der Waals surface area (Å²) in [6, 6.07) is 5.14. The summed E-state index contributed by atoms with van der Waals surface area (Å²) >= 11 is 0. The Morgan fingerprint density at radius 1 is 1.18 bits per heavy atom. The second kappa shape index (κ2) is 12.6. The number of likely N-dealkylation sites (tertiary alicyclic amines) is 1. The molecule has 1 aromatic carbocycles. The number of benzene rings is 1. The summed E-state index contributed by atoms with van der Waals surface area (Å²) in [5.41, 5.74) is 3.06. The van der Waals surface area contributed by atoms with Gasteiger partial charge in [-0.3, -0.25) is 4.79 Å². The molecule has 0 unspecified atom stereocenters. The highest BCUT2D eigenvalue weighted by Gasteiger charge is 2.27. The van der Waals surface area contributed by atoms with Gasteiger partial charge in [-0.25, -0.2) is 0 Å². The first-order chi connectivity index (χ1) is 16.4. The first-order valence-corrected chi connectivity index (χ1v) is 12.1. The number of hydrogen-bond donors (Lipinski definition) is 2. The fourth-order valence-corrected chi connectivity index (χ4v) is 4.36. The minimum absolute atomic E-state index is 0.0507. The van der Waals surface area contributed by atoms with Crippen LogP contribution >= 0.6 is 0 Å². The van der Waals surface area contributed by atoms with Gasteiger partial charge in [0, 0.05) is 13.0 Å². The fraction of sp³-hybridized carbons (Fsp3) is 0.464. The van der Waals surface area contributed by atoms with E-state index in [1.807, 2.05) is 50.3 Å². The average molecular weight is 467 g/mol. The number of ketones is 1. The number of hydrogen-bond acceptors (Lipinski definition) is 6. The number of aliphatic hydroxyl groups is 1. The number of nitrogens with one attached hydrogen (secondary N) is 1. The topological polar surface area (TPSA) is 71.0 Å². The summed E-state index contributed by atoms with van der Waals surface area (Å²) in [4.78, 5) is 15.1. The number of carbonyl (C=O) groups is 1. The third-order valence-electron chi connectivity index (χ3n) is 6.20. The summed E-state index contributed by atoms with van der Waals surface area (Å²) in [7, 11) is 0. The summed E-state index contributed by atoms with van der Waals surface area (Å²) in [6.07, 6.45) is 8.33. The highest BCUT2D eigenvalue weighted by molar-refractivity contribution is 5.94. The van der Waals surface area contributed by atoms with E-state index in [2.05, 4.69) is 23.4 Å². The largest absolute Gasteiger partial charge is 0.486 e. The predicted octanol–water partition coefficient (Wildman–Crippen LogP) is 4.49. The number of aliphatic hydroxyl groups excluding tert-OH is 1. The zero-order valence-electron chi connectivity index (χ0n) is 20.5. The van der Waals surface area contributed by atoms with E-state index in [0.717, 1.165) is 42.6 Å². The quantitative estimate of drug-likeness (QED) is 0.349. The Hall–Kier alpha value is -2.83. The van der Waals surface area contributed by atoms with E-state index in [-0.39, 0.29) is 11.8 Å². The van der Waals surface area contributed by atoms with Crippen LogP contribution in [0.4, 0.5) is 0 Å². The molecule has 2 N–H and O–H groups in total. The molecule has 1 aromatic rings. The number of nitrogens with zero attached hydrogens (tertiary/aromatic N) is 1. The van der Waals surface area contributed by atoms with E-state index in [1.165, 1.54) is 0 Å². The van der Waals surface area contributed by atoms with Crippen LogP contribution in [0.2, 0.25) is 0 Å². The Balaban J connectivity index is 1.66. The zero-order chi connectivity index (χ0) is 24.5. The molecule has 34 heavy (non-hydrogen) atoms. The number of fused-ring (bicyclic) bond motifs is 1. The van der Waals surface area contributed by atoms with Crippen molar-refractivity contribution < 1.29 is 19.4 Å². The van der Waals surface area contributed by atoms with Gasteiger partial charge in [0.15, 0.2) is 17.3 Å². The van der Waals surface area contributed by atoms with Gasteiger partial charge in [-0.15, -0.1) is 0 Å². The van der Waals surface area contributed by atoms with Gasteiger partial charge in [0.05, 0.1) is 11.7 Å². The summed E-state index contributed by atoms with van der Waals surface area (Å²) in [6.45, 7) is 15.6. The maximum atomic E-state index is 12.8. The van der Waals surface area contributed by atoms with Gasteiger partial charge < -0.3 is 24.8 Å². The van der Waals surface area contributed by atoms with Crippen molar-refractivity contribution in [3.8, 4) is 11.5 Å². The van der Waals surface area contributed by atoms with Crippen LogP contribution in [0, 0.1) is 0 Å². The number of Topliss-reactive ketones (excluding diaryl/α,β-unsaturated/α-hetero) is 1. The predicted molar refractivity (Wildman–Crippen MR) is 136 cm³/mol. The molecule has 0 bridgehead atoms. The minimum atomic E-state index is -0.827. The molecular formula is C28H38N2O4. The van der Waals surface area contributed by atoms with Gasteiger partial charge >= 0.3 is 0 Å². The lowest BCUT2D eigenvalue weighted by molar-refractivity contribution is -0.116. The highest BCUT2D eigenvalue weighted by atomic mass is 16.6. The smallest absolute Gasteiger partial charge is 0.178 e. The standard InChI is InChI=1S/C28H38N2O4/c1-5-8-20(2)17-21(3)9-11-25(31)22(4)29-24(19-30-13-6-7-14-30)28(32)23-10-12-26-27(18-23)34-16-15-33-26/h5,8,10,12,17-18,24,28-29,32H,2,4,6-7,9,11,13-16,19H2,1,3H3/b8-5-,21-17+/t24-,28-/m1/s1. The van der Waals surface area contributed by atoms with E-state index < -0.39 is 6.10 Å². The fourth-order valence-electron chi connectivity index (χ4n) is 4.36. The first kappa shape index (κ1) is 25.8. The molecule has 1 saturated heterocycles. The van der Waals surface area contributed by atoms with Crippen molar-refractivity contribution in [3.63, 3.8) is 0 Å². The maximum Gasteiger partial charge on any atom is 0.178 e. The summed E-state index contributed by atoms with van der Waals surface area (Å²) in [5.74, 6) is 1.27. The van der Waals surface area contributed by atoms with Gasteiger partial charge in [0.1, 0.15) is 19.3 Å². The summed E-state index contributed by atoms with van der Waals surface area (Å²) in [5, 5.41) is 14.5. The summed E-state index contributed by atoms with van der Waals surface area (Å²) < 4.78 is 11.3. The SMILES string of the molecule is C=C(/C=C\C)/C=C(\C)CCC(=O)C(=C)N[C@H](CN1CCCC1)[C@H](O)c1ccc2c(c1)OCCO2. The molecule has 0 saturated carbocycles. The molecule has 0 spiro atoms. The second-order valence-electron chi connectivity index (χ2n) is 9.07. The molecule has 1 fully saturated rings. The van der Waals surface area contributed by atoms with Gasteiger partial charge in [-0.2, -0.15) is 0 Å². The van der Waals surface area contributed by atoms with Crippen molar-refractivity contribution in [3.05, 3.63) is 72.0 Å². The molecule has 2 heterocycles. The van der Waals surface area contributed by atoms with Crippen LogP contribution in [0.25, 0.3) is 0 Å². The molecule has 0 aliphatic carbocycles. The molecule has 0 aromatic heterocycles.